The van der Waals surface area contributed by atoms with Gasteiger partial charge >= 0.3 is 6.09 Å². The number of ether oxygens (including phenoxy) is 1. The lowest BCUT2D eigenvalue weighted by Crippen LogP contribution is -2.47. The Morgan fingerprint density at radius 2 is 1.67 bits per heavy atom. The molecule has 0 spiro atoms. The molecule has 7 nitrogen and oxygen atoms in total. The Balaban J connectivity index is 1.59. The van der Waals surface area contributed by atoms with Crippen LogP contribution in [0, 0.1) is 11.8 Å². The molecule has 1 aliphatic heterocycles. The summed E-state index contributed by atoms with van der Waals surface area (Å²) in [5.74, 6) is 1.09. The molecule has 1 amide bonds. The minimum Gasteiger partial charge on any atom is -0.450 e. The molecular weight excluding hydrogens is 346 g/mol. The topological polar surface area (TPSA) is 87.7 Å². The minimum atomic E-state index is -0.429. The van der Waals surface area contributed by atoms with Crippen LogP contribution in [0.5, 0.6) is 0 Å². The van der Waals surface area contributed by atoms with Gasteiger partial charge in [0, 0.05) is 25.2 Å². The van der Waals surface area contributed by atoms with Gasteiger partial charge in [-0.25, -0.2) is 4.79 Å². The summed E-state index contributed by atoms with van der Waals surface area (Å²) >= 11 is 0. The fourth-order valence-corrected chi connectivity index (χ4v) is 4.26. The number of amides is 1. The third kappa shape index (κ3) is 4.12. The fourth-order valence-electron chi connectivity index (χ4n) is 4.26. The molecule has 0 aromatic heterocycles. The lowest BCUT2D eigenvalue weighted by atomic mass is 9.78. The zero-order valence-electron chi connectivity index (χ0n) is 16.5. The van der Waals surface area contributed by atoms with Crippen LogP contribution in [0.15, 0.2) is 9.59 Å². The van der Waals surface area contributed by atoms with Gasteiger partial charge in [-0.2, -0.15) is 0 Å². The zero-order chi connectivity index (χ0) is 19.6. The minimum absolute atomic E-state index is 0.0854. The number of anilines is 2. The highest BCUT2D eigenvalue weighted by molar-refractivity contribution is 5.74. The maximum Gasteiger partial charge on any atom is 0.409 e. The highest BCUT2D eigenvalue weighted by Gasteiger charge is 2.32. The number of nitrogens with one attached hydrogen (secondary N) is 2. The Labute approximate surface area is 160 Å². The summed E-state index contributed by atoms with van der Waals surface area (Å²) in [4.78, 5) is 37.7. The van der Waals surface area contributed by atoms with Crippen LogP contribution in [0.4, 0.5) is 16.2 Å². The van der Waals surface area contributed by atoms with Crippen molar-refractivity contribution in [3.05, 3.63) is 20.4 Å². The number of rotatable bonds is 5. The molecule has 1 saturated carbocycles. The van der Waals surface area contributed by atoms with E-state index in [-0.39, 0.29) is 18.2 Å². The van der Waals surface area contributed by atoms with Crippen molar-refractivity contribution in [3.8, 4) is 0 Å². The summed E-state index contributed by atoms with van der Waals surface area (Å²) in [7, 11) is 0. The second kappa shape index (κ2) is 8.31. The molecular formula is C20H31N3O4. The second-order valence-electron chi connectivity index (χ2n) is 8.03. The summed E-state index contributed by atoms with van der Waals surface area (Å²) in [5, 5.41) is 6.62. The summed E-state index contributed by atoms with van der Waals surface area (Å²) in [5.41, 5.74) is 0.0486. The Kier molecular flexibility index (Phi) is 6.07. The average Bonchev–Trinajstić information content (AvgIpc) is 2.68. The van der Waals surface area contributed by atoms with E-state index in [0.29, 0.717) is 42.9 Å². The van der Waals surface area contributed by atoms with Gasteiger partial charge in [-0.05, 0) is 38.0 Å². The molecule has 1 saturated heterocycles. The summed E-state index contributed by atoms with van der Waals surface area (Å²) in [6.45, 7) is 7.80. The zero-order valence-corrected chi connectivity index (χ0v) is 16.5. The molecule has 2 N–H and O–H groups in total. The number of carbonyl (C=O) groups excluding carboxylic acids is 1. The average molecular weight is 377 g/mol. The van der Waals surface area contributed by atoms with Crippen LogP contribution in [0.1, 0.15) is 52.9 Å². The van der Waals surface area contributed by atoms with Crippen molar-refractivity contribution in [3.63, 3.8) is 0 Å². The predicted molar refractivity (Wildman–Crippen MR) is 106 cm³/mol. The number of nitrogens with zero attached hydrogens (tertiary/aromatic N) is 1. The molecule has 7 heteroatoms. The van der Waals surface area contributed by atoms with E-state index in [0.717, 1.165) is 25.7 Å². The molecule has 0 unspecified atom stereocenters. The SMILES string of the molecule is CCOC(=O)N1CCC(Nc2c(N[C@@H]3CCC[C@@H](C)[C@@H]3C)c(=O)c2=O)CC1. The normalized spacial score (nSPS) is 26.8. The summed E-state index contributed by atoms with van der Waals surface area (Å²) < 4.78 is 5.03. The van der Waals surface area contributed by atoms with Gasteiger partial charge in [0.05, 0.1) is 6.61 Å². The third-order valence-corrected chi connectivity index (χ3v) is 6.32. The molecule has 27 heavy (non-hydrogen) atoms. The lowest BCUT2D eigenvalue weighted by Gasteiger charge is -2.36. The smallest absolute Gasteiger partial charge is 0.409 e. The Hall–Kier alpha value is -2.05. The number of hydrogen-bond acceptors (Lipinski definition) is 6. The number of hydrogen-bond donors (Lipinski definition) is 2. The fraction of sp³-hybridized carbons (Fsp3) is 0.750. The number of carbonyl (C=O) groups is 1. The summed E-state index contributed by atoms with van der Waals surface area (Å²) in [6, 6.07) is 0.325. The van der Waals surface area contributed by atoms with Crippen LogP contribution in [0.25, 0.3) is 0 Å². The highest BCUT2D eigenvalue weighted by atomic mass is 16.6. The van der Waals surface area contributed by atoms with Crippen LogP contribution in [-0.4, -0.2) is 42.8 Å². The van der Waals surface area contributed by atoms with Crippen LogP contribution >= 0.6 is 0 Å². The van der Waals surface area contributed by atoms with Crippen molar-refractivity contribution in [2.24, 2.45) is 11.8 Å². The Morgan fingerprint density at radius 1 is 1.04 bits per heavy atom. The Morgan fingerprint density at radius 3 is 2.30 bits per heavy atom. The van der Waals surface area contributed by atoms with Crippen molar-refractivity contribution >= 4 is 17.5 Å². The molecule has 2 fully saturated rings. The molecule has 3 rings (SSSR count). The molecule has 150 valence electrons. The molecule has 3 atom stereocenters. The first-order valence-electron chi connectivity index (χ1n) is 10.2. The van der Waals surface area contributed by atoms with Gasteiger partial charge in [0.25, 0.3) is 10.9 Å². The quantitative estimate of drug-likeness (QED) is 0.767. The third-order valence-electron chi connectivity index (χ3n) is 6.32. The maximum atomic E-state index is 12.1. The van der Waals surface area contributed by atoms with Gasteiger partial charge in [0.1, 0.15) is 11.4 Å². The maximum absolute atomic E-state index is 12.1. The molecule has 1 aliphatic carbocycles. The van der Waals surface area contributed by atoms with E-state index in [1.807, 2.05) is 0 Å². The van der Waals surface area contributed by atoms with Crippen molar-refractivity contribution in [2.75, 3.05) is 30.3 Å². The van der Waals surface area contributed by atoms with Gasteiger partial charge in [-0.3, -0.25) is 9.59 Å². The second-order valence-corrected chi connectivity index (χ2v) is 8.03. The van der Waals surface area contributed by atoms with Crippen LogP contribution < -0.4 is 21.5 Å². The molecule has 0 bridgehead atoms. The van der Waals surface area contributed by atoms with Gasteiger partial charge in [-0.1, -0.05) is 26.7 Å². The van der Waals surface area contributed by atoms with Gasteiger partial charge in [0.15, 0.2) is 0 Å². The number of piperidine rings is 1. The van der Waals surface area contributed by atoms with Crippen molar-refractivity contribution in [1.29, 1.82) is 0 Å². The standard InChI is InChI=1S/C20H31N3O4/c1-4-27-20(26)23-10-8-14(9-11-23)21-16-17(19(25)18(16)24)22-15-7-5-6-12(2)13(15)3/h12-15,21-22H,4-11H2,1-3H3/t12-,13+,15-/m1/s1. The van der Waals surface area contributed by atoms with Gasteiger partial charge in [0.2, 0.25) is 0 Å². The predicted octanol–water partition coefficient (Wildman–Crippen LogP) is 2.55. The highest BCUT2D eigenvalue weighted by Crippen LogP contribution is 2.32. The van der Waals surface area contributed by atoms with E-state index >= 15 is 0 Å². The molecule has 1 aromatic rings. The monoisotopic (exact) mass is 377 g/mol. The lowest BCUT2D eigenvalue weighted by molar-refractivity contribution is 0.0983. The van der Waals surface area contributed by atoms with Crippen LogP contribution in [0.2, 0.25) is 0 Å². The van der Waals surface area contributed by atoms with Gasteiger partial charge < -0.3 is 20.3 Å². The van der Waals surface area contributed by atoms with Crippen molar-refractivity contribution in [2.45, 2.75) is 65.0 Å². The number of likely N-dealkylation sites (tertiary alicyclic amines) is 1. The van der Waals surface area contributed by atoms with Gasteiger partial charge in [-0.15, -0.1) is 0 Å². The Bertz CT molecular complexity index is 732. The van der Waals surface area contributed by atoms with E-state index in [1.165, 1.54) is 6.42 Å². The largest absolute Gasteiger partial charge is 0.450 e. The van der Waals surface area contributed by atoms with E-state index in [4.69, 9.17) is 4.74 Å². The first-order chi connectivity index (χ1) is 12.9. The van der Waals surface area contributed by atoms with E-state index < -0.39 is 10.9 Å². The van der Waals surface area contributed by atoms with E-state index in [2.05, 4.69) is 24.5 Å². The molecule has 1 heterocycles. The first kappa shape index (κ1) is 19.7. The molecule has 2 aliphatic rings. The van der Waals surface area contributed by atoms with Crippen molar-refractivity contribution in [1.82, 2.24) is 4.90 Å². The van der Waals surface area contributed by atoms with Crippen LogP contribution in [-0.2, 0) is 4.74 Å². The molecule has 1 aromatic carbocycles. The van der Waals surface area contributed by atoms with Crippen molar-refractivity contribution < 1.29 is 9.53 Å². The molecule has 0 radical (unpaired) electrons. The van der Waals surface area contributed by atoms with Crippen LogP contribution in [0.3, 0.4) is 0 Å². The first-order valence-corrected chi connectivity index (χ1v) is 10.2. The van der Waals surface area contributed by atoms with E-state index in [1.54, 1.807) is 11.8 Å². The van der Waals surface area contributed by atoms with E-state index in [9.17, 15) is 14.4 Å². The summed E-state index contributed by atoms with van der Waals surface area (Å²) in [6.07, 6.45) is 4.57.